The van der Waals surface area contributed by atoms with Gasteiger partial charge in [-0.05, 0) is 11.8 Å². The lowest BCUT2D eigenvalue weighted by Gasteiger charge is -2.23. The van der Waals surface area contributed by atoms with Gasteiger partial charge in [0, 0.05) is 5.33 Å². The summed E-state index contributed by atoms with van der Waals surface area (Å²) in [6.07, 6.45) is 1.16. The lowest BCUT2D eigenvalue weighted by Crippen LogP contribution is -2.12. The fourth-order valence-corrected chi connectivity index (χ4v) is 1.19. The Morgan fingerprint density at radius 3 is 2.11 bits per heavy atom. The standard InChI is InChI=1S/C8H15Br/c1-5-8(3,4)7(2)6-9/h2,5-6H2,1,3-4H3. The number of alkyl halides is 1. The second-order valence-corrected chi connectivity index (χ2v) is 3.54. The van der Waals surface area contributed by atoms with Crippen LogP contribution in [0.2, 0.25) is 0 Å². The minimum atomic E-state index is 0.309. The van der Waals surface area contributed by atoms with Crippen LogP contribution in [0.3, 0.4) is 0 Å². The summed E-state index contributed by atoms with van der Waals surface area (Å²) < 4.78 is 0. The minimum Gasteiger partial charge on any atom is -0.0985 e. The van der Waals surface area contributed by atoms with Crippen molar-refractivity contribution < 1.29 is 0 Å². The Labute approximate surface area is 66.5 Å². The van der Waals surface area contributed by atoms with Crippen molar-refractivity contribution in [3.05, 3.63) is 12.2 Å². The highest BCUT2D eigenvalue weighted by molar-refractivity contribution is 9.09. The van der Waals surface area contributed by atoms with Gasteiger partial charge in [-0.2, -0.15) is 0 Å². The maximum Gasteiger partial charge on any atom is 0.0244 e. The highest BCUT2D eigenvalue weighted by atomic mass is 79.9. The average Bonchev–Trinajstić information content (AvgIpc) is 1.86. The zero-order chi connectivity index (χ0) is 7.49. The van der Waals surface area contributed by atoms with Gasteiger partial charge in [0.2, 0.25) is 0 Å². The molecule has 0 fully saturated rings. The smallest absolute Gasteiger partial charge is 0.0244 e. The fraction of sp³-hybridized carbons (Fsp3) is 0.750. The van der Waals surface area contributed by atoms with E-state index in [1.807, 2.05) is 0 Å². The summed E-state index contributed by atoms with van der Waals surface area (Å²) in [6, 6.07) is 0. The van der Waals surface area contributed by atoms with Gasteiger partial charge in [-0.25, -0.2) is 0 Å². The Bertz CT molecular complexity index is 103. The average molecular weight is 191 g/mol. The molecule has 0 saturated carbocycles. The molecule has 0 amide bonds. The largest absolute Gasteiger partial charge is 0.0985 e. The normalized spacial score (nSPS) is 11.6. The highest BCUT2D eigenvalue weighted by Crippen LogP contribution is 2.29. The van der Waals surface area contributed by atoms with Crippen molar-refractivity contribution in [1.29, 1.82) is 0 Å². The Morgan fingerprint density at radius 1 is 1.56 bits per heavy atom. The molecule has 0 unspecified atom stereocenters. The summed E-state index contributed by atoms with van der Waals surface area (Å²) in [5.41, 5.74) is 1.59. The molecule has 0 aromatic heterocycles. The summed E-state index contributed by atoms with van der Waals surface area (Å²) in [6.45, 7) is 10.6. The third-order valence-electron chi connectivity index (χ3n) is 2.00. The van der Waals surface area contributed by atoms with Crippen molar-refractivity contribution in [1.82, 2.24) is 0 Å². The quantitative estimate of drug-likeness (QED) is 0.473. The van der Waals surface area contributed by atoms with Crippen molar-refractivity contribution in [3.63, 3.8) is 0 Å². The third-order valence-corrected chi connectivity index (χ3v) is 2.68. The summed E-state index contributed by atoms with van der Waals surface area (Å²) in [4.78, 5) is 0. The molecule has 0 bridgehead atoms. The maximum atomic E-state index is 3.97. The Hall–Kier alpha value is 0.220. The van der Waals surface area contributed by atoms with Crippen LogP contribution in [0.5, 0.6) is 0 Å². The number of allylic oxidation sites excluding steroid dienone is 1. The molecular formula is C8H15Br. The summed E-state index contributed by atoms with van der Waals surface area (Å²) in [5.74, 6) is 0. The molecule has 0 radical (unpaired) electrons. The number of halogens is 1. The molecule has 0 aromatic rings. The molecular weight excluding hydrogens is 176 g/mol. The zero-order valence-electron chi connectivity index (χ0n) is 6.50. The van der Waals surface area contributed by atoms with Gasteiger partial charge in [0.05, 0.1) is 0 Å². The topological polar surface area (TPSA) is 0 Å². The van der Waals surface area contributed by atoms with Crippen LogP contribution in [-0.4, -0.2) is 5.33 Å². The molecule has 1 heteroatoms. The van der Waals surface area contributed by atoms with E-state index in [0.717, 1.165) is 11.8 Å². The Morgan fingerprint density at radius 2 is 2.00 bits per heavy atom. The van der Waals surface area contributed by atoms with Crippen molar-refractivity contribution in [2.45, 2.75) is 27.2 Å². The van der Waals surface area contributed by atoms with Gasteiger partial charge in [0.1, 0.15) is 0 Å². The van der Waals surface area contributed by atoms with E-state index in [-0.39, 0.29) is 0 Å². The molecule has 0 nitrogen and oxygen atoms in total. The maximum absolute atomic E-state index is 3.97. The second kappa shape index (κ2) is 3.40. The van der Waals surface area contributed by atoms with Gasteiger partial charge in [-0.3, -0.25) is 0 Å². The first-order chi connectivity index (χ1) is 4.04. The van der Waals surface area contributed by atoms with E-state index in [0.29, 0.717) is 5.41 Å². The molecule has 0 spiro atoms. The molecule has 0 aromatic carbocycles. The second-order valence-electron chi connectivity index (χ2n) is 2.97. The third kappa shape index (κ3) is 2.53. The number of hydrogen-bond donors (Lipinski definition) is 0. The van der Waals surface area contributed by atoms with E-state index < -0.39 is 0 Å². The van der Waals surface area contributed by atoms with Crippen LogP contribution in [0.1, 0.15) is 27.2 Å². The molecule has 0 rings (SSSR count). The SMILES string of the molecule is C=C(CBr)C(C)(C)CC. The number of hydrogen-bond acceptors (Lipinski definition) is 0. The van der Waals surface area contributed by atoms with E-state index in [1.165, 1.54) is 5.57 Å². The first-order valence-corrected chi connectivity index (χ1v) is 4.41. The van der Waals surface area contributed by atoms with Crippen LogP contribution < -0.4 is 0 Å². The van der Waals surface area contributed by atoms with E-state index >= 15 is 0 Å². The number of rotatable bonds is 3. The first-order valence-electron chi connectivity index (χ1n) is 3.29. The Balaban J connectivity index is 3.97. The van der Waals surface area contributed by atoms with Crippen molar-refractivity contribution >= 4 is 15.9 Å². The van der Waals surface area contributed by atoms with Crippen LogP contribution in [0.15, 0.2) is 12.2 Å². The monoisotopic (exact) mass is 190 g/mol. The molecule has 0 atom stereocenters. The molecule has 0 heterocycles. The van der Waals surface area contributed by atoms with E-state index in [2.05, 4.69) is 43.3 Å². The highest BCUT2D eigenvalue weighted by Gasteiger charge is 2.17. The van der Waals surface area contributed by atoms with E-state index in [9.17, 15) is 0 Å². The van der Waals surface area contributed by atoms with Gasteiger partial charge < -0.3 is 0 Å². The van der Waals surface area contributed by atoms with Crippen LogP contribution in [0.25, 0.3) is 0 Å². The molecule has 0 aliphatic heterocycles. The van der Waals surface area contributed by atoms with Crippen LogP contribution in [-0.2, 0) is 0 Å². The predicted molar refractivity (Wildman–Crippen MR) is 47.0 cm³/mol. The van der Waals surface area contributed by atoms with Crippen LogP contribution in [0.4, 0.5) is 0 Å². The van der Waals surface area contributed by atoms with Crippen LogP contribution in [0, 0.1) is 5.41 Å². The minimum absolute atomic E-state index is 0.309. The lowest BCUT2D eigenvalue weighted by atomic mass is 9.84. The fourth-order valence-electron chi connectivity index (χ4n) is 0.431. The first kappa shape index (κ1) is 9.22. The summed E-state index contributed by atoms with van der Waals surface area (Å²) in [7, 11) is 0. The zero-order valence-corrected chi connectivity index (χ0v) is 8.09. The van der Waals surface area contributed by atoms with Crippen molar-refractivity contribution in [3.8, 4) is 0 Å². The molecule has 9 heavy (non-hydrogen) atoms. The van der Waals surface area contributed by atoms with Gasteiger partial charge in [0.15, 0.2) is 0 Å². The summed E-state index contributed by atoms with van der Waals surface area (Å²) >= 11 is 3.39. The van der Waals surface area contributed by atoms with E-state index in [1.54, 1.807) is 0 Å². The van der Waals surface area contributed by atoms with Gasteiger partial charge in [-0.15, -0.1) is 0 Å². The van der Waals surface area contributed by atoms with Gasteiger partial charge >= 0.3 is 0 Å². The predicted octanol–water partition coefficient (Wildman–Crippen LogP) is 3.37. The molecule has 0 saturated heterocycles. The molecule has 0 N–H and O–H groups in total. The Kier molecular flexibility index (Phi) is 3.49. The van der Waals surface area contributed by atoms with E-state index in [4.69, 9.17) is 0 Å². The van der Waals surface area contributed by atoms with Gasteiger partial charge in [0.25, 0.3) is 0 Å². The van der Waals surface area contributed by atoms with Crippen molar-refractivity contribution in [2.75, 3.05) is 5.33 Å². The molecule has 0 aliphatic rings. The lowest BCUT2D eigenvalue weighted by molar-refractivity contribution is 0.433. The molecule has 54 valence electrons. The van der Waals surface area contributed by atoms with Crippen molar-refractivity contribution in [2.24, 2.45) is 5.41 Å². The van der Waals surface area contributed by atoms with Gasteiger partial charge in [-0.1, -0.05) is 48.9 Å². The summed E-state index contributed by atoms with van der Waals surface area (Å²) in [5, 5.41) is 0.924. The molecule has 0 aliphatic carbocycles. The van der Waals surface area contributed by atoms with Crippen LogP contribution >= 0.6 is 15.9 Å².